The summed E-state index contributed by atoms with van der Waals surface area (Å²) in [5.74, 6) is 0. The maximum atomic E-state index is 4.84. The van der Waals surface area contributed by atoms with Gasteiger partial charge in [0.2, 0.25) is 0 Å². The first-order chi connectivity index (χ1) is 11.0. The van der Waals surface area contributed by atoms with Crippen LogP contribution < -0.4 is 9.88 Å². The molecule has 2 aromatic heterocycles. The highest BCUT2D eigenvalue weighted by Crippen LogP contribution is 2.21. The van der Waals surface area contributed by atoms with Crippen LogP contribution in [0.15, 0.2) is 36.6 Å². The van der Waals surface area contributed by atoms with Gasteiger partial charge in [-0.1, -0.05) is 75.0 Å². The van der Waals surface area contributed by atoms with E-state index in [0.29, 0.717) is 0 Å². The normalized spacial score (nSPS) is 17.1. The van der Waals surface area contributed by atoms with Gasteiger partial charge in [0.15, 0.2) is 4.96 Å². The van der Waals surface area contributed by atoms with E-state index in [1.54, 1.807) is 11.3 Å². The Morgan fingerprint density at radius 2 is 2.22 bits per heavy atom. The van der Waals surface area contributed by atoms with Crippen LogP contribution in [-0.4, -0.2) is 9.38 Å². The second kappa shape index (κ2) is 6.32. The summed E-state index contributed by atoms with van der Waals surface area (Å²) in [5, 5.41) is 1.23. The number of aromatic nitrogens is 2. The minimum absolute atomic E-state index is 0.0881. The number of hydrogen-bond donors (Lipinski definition) is 0. The fourth-order valence-electron chi connectivity index (χ4n) is 2.76. The Bertz CT molecular complexity index is 917. The maximum absolute atomic E-state index is 4.84. The molecule has 120 valence electrons. The van der Waals surface area contributed by atoms with Gasteiger partial charge in [-0.3, -0.25) is 4.40 Å². The molecule has 3 heteroatoms. The van der Waals surface area contributed by atoms with E-state index < -0.39 is 0 Å². The molecule has 0 aromatic carbocycles. The number of unbranched alkanes of at least 4 members (excludes halogenated alkanes) is 1. The monoisotopic (exact) mass is 324 g/mol. The van der Waals surface area contributed by atoms with Gasteiger partial charge in [0.25, 0.3) is 0 Å². The molecule has 2 heterocycles. The molecule has 3 rings (SSSR count). The van der Waals surface area contributed by atoms with Crippen LogP contribution in [0, 0.1) is 5.41 Å². The number of imidazole rings is 1. The van der Waals surface area contributed by atoms with Gasteiger partial charge >= 0.3 is 0 Å². The fourth-order valence-corrected chi connectivity index (χ4v) is 3.99. The van der Waals surface area contributed by atoms with Crippen LogP contribution >= 0.6 is 11.3 Å². The summed E-state index contributed by atoms with van der Waals surface area (Å²) < 4.78 is 3.52. The van der Waals surface area contributed by atoms with Gasteiger partial charge in [-0.25, -0.2) is 4.98 Å². The van der Waals surface area contributed by atoms with Crippen LogP contribution in [0.25, 0.3) is 22.7 Å². The van der Waals surface area contributed by atoms with Gasteiger partial charge in [0.05, 0.1) is 15.6 Å². The third kappa shape index (κ3) is 3.25. The number of rotatable bonds is 4. The summed E-state index contributed by atoms with van der Waals surface area (Å²) >= 11 is 1.77. The topological polar surface area (TPSA) is 17.3 Å². The third-order valence-corrected chi connectivity index (χ3v) is 5.05. The quantitative estimate of drug-likeness (QED) is 0.766. The molecule has 0 atom stereocenters. The standard InChI is InChI=1S/C20H24N2S/c1-5-7-8-10-15(6-2)16-14-22-17-11-9-12-20(3,4)13-18(17)23-19(22)21-16/h6,8-14H,5,7H2,1-4H3/b10-8-,15-6+. The molecular weight excluding hydrogens is 300 g/mol. The average molecular weight is 324 g/mol. The second-order valence-corrected chi connectivity index (χ2v) is 7.57. The van der Waals surface area contributed by atoms with Crippen molar-refractivity contribution in [2.24, 2.45) is 5.41 Å². The molecule has 0 saturated carbocycles. The van der Waals surface area contributed by atoms with Crippen molar-refractivity contribution in [3.63, 3.8) is 0 Å². The Balaban J connectivity index is 2.09. The number of thiazole rings is 1. The van der Waals surface area contributed by atoms with Gasteiger partial charge < -0.3 is 0 Å². The van der Waals surface area contributed by atoms with Gasteiger partial charge in [-0.15, -0.1) is 0 Å². The van der Waals surface area contributed by atoms with Gasteiger partial charge in [-0.05, 0) is 25.0 Å². The molecule has 23 heavy (non-hydrogen) atoms. The van der Waals surface area contributed by atoms with Crippen molar-refractivity contribution in [3.05, 3.63) is 52.2 Å². The lowest BCUT2D eigenvalue weighted by Gasteiger charge is -2.11. The maximum Gasteiger partial charge on any atom is 0.195 e. The van der Waals surface area contributed by atoms with Gasteiger partial charge in [0.1, 0.15) is 0 Å². The Kier molecular flexibility index (Phi) is 4.40. The lowest BCUT2D eigenvalue weighted by atomic mass is 9.93. The first-order valence-electron chi connectivity index (χ1n) is 8.27. The molecule has 0 saturated heterocycles. The molecule has 0 spiro atoms. The second-order valence-electron chi connectivity index (χ2n) is 6.56. The van der Waals surface area contributed by atoms with Crippen LogP contribution in [0.1, 0.15) is 46.2 Å². The minimum atomic E-state index is 0.0881. The van der Waals surface area contributed by atoms with Crippen molar-refractivity contribution in [2.75, 3.05) is 0 Å². The van der Waals surface area contributed by atoms with E-state index in [1.165, 1.54) is 21.9 Å². The summed E-state index contributed by atoms with van der Waals surface area (Å²) in [6.45, 7) is 8.74. The molecule has 0 fully saturated rings. The predicted molar refractivity (Wildman–Crippen MR) is 102 cm³/mol. The van der Waals surface area contributed by atoms with Crippen molar-refractivity contribution in [1.82, 2.24) is 9.38 Å². The summed E-state index contributed by atoms with van der Waals surface area (Å²) in [6.07, 6.45) is 19.9. The molecule has 0 N–H and O–H groups in total. The van der Waals surface area contributed by atoms with Crippen molar-refractivity contribution in [3.8, 4) is 0 Å². The van der Waals surface area contributed by atoms with E-state index in [2.05, 4.69) is 80.8 Å². The lowest BCUT2D eigenvalue weighted by Crippen LogP contribution is -2.24. The van der Waals surface area contributed by atoms with E-state index in [0.717, 1.165) is 17.1 Å². The first kappa shape index (κ1) is 16.0. The SMILES string of the molecule is C/C=C(\C=C/CCC)c1cn2c3c(sc2n1)=CC(C)(C)C=CC=3. The molecule has 1 aliphatic carbocycles. The Morgan fingerprint density at radius 3 is 2.96 bits per heavy atom. The van der Waals surface area contributed by atoms with Crippen molar-refractivity contribution in [2.45, 2.75) is 40.5 Å². The molecule has 1 aliphatic rings. The van der Waals surface area contributed by atoms with Crippen LogP contribution in [0.4, 0.5) is 0 Å². The van der Waals surface area contributed by atoms with E-state index in [4.69, 9.17) is 4.98 Å². The Hall–Kier alpha value is -1.87. The van der Waals surface area contributed by atoms with Crippen molar-refractivity contribution in [1.29, 1.82) is 0 Å². The zero-order chi connectivity index (χ0) is 16.4. The Labute approximate surface area is 141 Å². The lowest BCUT2D eigenvalue weighted by molar-refractivity contribution is 0.671. The molecule has 0 aliphatic heterocycles. The minimum Gasteiger partial charge on any atom is -0.290 e. The number of allylic oxidation sites excluding steroid dienone is 6. The first-order valence-corrected chi connectivity index (χ1v) is 9.09. The Morgan fingerprint density at radius 1 is 1.39 bits per heavy atom. The van der Waals surface area contributed by atoms with Crippen molar-refractivity contribution < 1.29 is 0 Å². The fraction of sp³-hybridized carbons (Fsp3) is 0.350. The largest absolute Gasteiger partial charge is 0.290 e. The average Bonchev–Trinajstić information content (AvgIpc) is 2.98. The highest BCUT2D eigenvalue weighted by Gasteiger charge is 2.14. The predicted octanol–water partition coefficient (Wildman–Crippen LogP) is 4.31. The van der Waals surface area contributed by atoms with Crippen LogP contribution in [0.2, 0.25) is 0 Å². The molecule has 0 amide bonds. The van der Waals surface area contributed by atoms with E-state index in [1.807, 2.05) is 0 Å². The molecule has 2 aromatic rings. The van der Waals surface area contributed by atoms with Crippen molar-refractivity contribution >= 4 is 34.0 Å². The molecule has 0 radical (unpaired) electrons. The van der Waals surface area contributed by atoms with Crippen LogP contribution in [0.3, 0.4) is 0 Å². The highest BCUT2D eigenvalue weighted by atomic mass is 32.1. The van der Waals surface area contributed by atoms with Gasteiger partial charge in [0, 0.05) is 11.6 Å². The van der Waals surface area contributed by atoms with E-state index >= 15 is 0 Å². The molecule has 0 bridgehead atoms. The van der Waals surface area contributed by atoms with Crippen LogP contribution in [0.5, 0.6) is 0 Å². The highest BCUT2D eigenvalue weighted by molar-refractivity contribution is 7.15. The molecular formula is C20H24N2S. The zero-order valence-electron chi connectivity index (χ0n) is 14.3. The molecule has 0 unspecified atom stereocenters. The van der Waals surface area contributed by atoms with Crippen LogP contribution in [-0.2, 0) is 0 Å². The summed E-state index contributed by atoms with van der Waals surface area (Å²) in [7, 11) is 0. The number of nitrogens with zero attached hydrogens (tertiary/aromatic N) is 2. The number of fused-ring (bicyclic) bond motifs is 3. The smallest absolute Gasteiger partial charge is 0.195 e. The summed E-state index contributed by atoms with van der Waals surface area (Å²) in [4.78, 5) is 5.91. The van der Waals surface area contributed by atoms with Gasteiger partial charge in [-0.2, -0.15) is 0 Å². The number of hydrogen-bond acceptors (Lipinski definition) is 2. The third-order valence-electron chi connectivity index (χ3n) is 4.03. The zero-order valence-corrected chi connectivity index (χ0v) is 15.2. The van der Waals surface area contributed by atoms with E-state index in [9.17, 15) is 0 Å². The van der Waals surface area contributed by atoms with E-state index in [-0.39, 0.29) is 5.41 Å². The summed E-state index contributed by atoms with van der Waals surface area (Å²) in [5.41, 5.74) is 2.33. The molecule has 2 nitrogen and oxygen atoms in total. The summed E-state index contributed by atoms with van der Waals surface area (Å²) in [6, 6.07) is 0.